The van der Waals surface area contributed by atoms with E-state index in [4.69, 9.17) is 0 Å². The first kappa shape index (κ1) is 24.0. The lowest BCUT2D eigenvalue weighted by Crippen LogP contribution is -2.42. The van der Waals surface area contributed by atoms with E-state index >= 15 is 0 Å². The molecular formula is C21H20I2N2O5S. The number of sulfonamides is 1. The maximum Gasteiger partial charge on any atom is 0.322 e. The van der Waals surface area contributed by atoms with Crippen LogP contribution in [0.15, 0.2) is 53.4 Å². The van der Waals surface area contributed by atoms with E-state index in [1.807, 2.05) is 76.3 Å². The summed E-state index contributed by atoms with van der Waals surface area (Å²) >= 11 is 3.90. The molecule has 1 atom stereocenters. The number of carbonyl (C=O) groups is 1. The second-order valence-electron chi connectivity index (χ2n) is 7.15. The minimum Gasteiger partial charge on any atom is -0.506 e. The first-order valence-corrected chi connectivity index (χ1v) is 12.8. The Balaban J connectivity index is 2.00. The molecule has 0 saturated carbocycles. The molecule has 0 aliphatic heterocycles. The molecule has 10 heteroatoms. The van der Waals surface area contributed by atoms with Gasteiger partial charge in [0.1, 0.15) is 11.8 Å². The van der Waals surface area contributed by atoms with Crippen LogP contribution in [-0.4, -0.2) is 44.7 Å². The average Bonchev–Trinajstić information content (AvgIpc) is 2.70. The molecule has 0 amide bonds. The van der Waals surface area contributed by atoms with Crippen LogP contribution in [-0.2, 0) is 21.2 Å². The lowest BCUT2D eigenvalue weighted by atomic mass is 10.1. The molecule has 0 heterocycles. The van der Waals surface area contributed by atoms with Gasteiger partial charge in [0.05, 0.1) is 12.0 Å². The molecule has 31 heavy (non-hydrogen) atoms. The second-order valence-corrected chi connectivity index (χ2v) is 11.2. The van der Waals surface area contributed by atoms with Gasteiger partial charge in [-0.15, -0.1) is 0 Å². The molecule has 0 spiro atoms. The topological polar surface area (TPSA) is 107 Å². The lowest BCUT2D eigenvalue weighted by molar-refractivity contribution is -0.138. The van der Waals surface area contributed by atoms with Gasteiger partial charge in [-0.05, 0) is 81.4 Å². The van der Waals surface area contributed by atoms with Gasteiger partial charge in [-0.1, -0.05) is 24.3 Å². The number of nitrogens with one attached hydrogen (secondary N) is 1. The third kappa shape index (κ3) is 5.23. The SMILES string of the molecule is CN(C)c1cccc2c(S(=O)(=O)NC(Cc3cc(I)c(O)c(I)c3)C(=O)O)cccc12. The fourth-order valence-corrected chi connectivity index (χ4v) is 6.60. The van der Waals surface area contributed by atoms with E-state index in [0.29, 0.717) is 18.1 Å². The smallest absolute Gasteiger partial charge is 0.322 e. The molecule has 1 unspecified atom stereocenters. The zero-order valence-electron chi connectivity index (χ0n) is 16.6. The zero-order chi connectivity index (χ0) is 22.9. The Morgan fingerprint density at radius 3 is 2.23 bits per heavy atom. The Kier molecular flexibility index (Phi) is 7.33. The van der Waals surface area contributed by atoms with E-state index in [-0.39, 0.29) is 17.1 Å². The highest BCUT2D eigenvalue weighted by Gasteiger charge is 2.27. The number of benzene rings is 3. The van der Waals surface area contributed by atoms with Crippen LogP contribution in [0, 0.1) is 7.14 Å². The van der Waals surface area contributed by atoms with Gasteiger partial charge in [0.2, 0.25) is 10.0 Å². The van der Waals surface area contributed by atoms with Crippen LogP contribution in [0.2, 0.25) is 0 Å². The normalized spacial score (nSPS) is 12.6. The fraction of sp³-hybridized carbons (Fsp3) is 0.190. The molecule has 3 aromatic carbocycles. The number of hydrogen-bond acceptors (Lipinski definition) is 5. The molecule has 3 aromatic rings. The van der Waals surface area contributed by atoms with Crippen LogP contribution in [0.5, 0.6) is 5.75 Å². The van der Waals surface area contributed by atoms with Gasteiger partial charge in [0, 0.05) is 30.6 Å². The number of phenols is 1. The fourth-order valence-electron chi connectivity index (χ4n) is 3.29. The molecule has 3 N–H and O–H groups in total. The van der Waals surface area contributed by atoms with Crippen molar-refractivity contribution < 1.29 is 23.4 Å². The van der Waals surface area contributed by atoms with Gasteiger partial charge >= 0.3 is 5.97 Å². The van der Waals surface area contributed by atoms with E-state index in [1.54, 1.807) is 30.3 Å². The predicted octanol–water partition coefficient (Wildman–Crippen LogP) is 3.79. The number of phenolic OH excluding ortho intramolecular Hbond substituents is 1. The standard InChI is InChI=1S/C21H20I2N2O5S/c1-25(2)18-7-3-6-14-13(18)5-4-8-19(14)31(29,30)24-17(21(27)28)11-12-9-15(22)20(26)16(23)10-12/h3-10,17,24,26H,11H2,1-2H3,(H,27,28). The summed E-state index contributed by atoms with van der Waals surface area (Å²) < 4.78 is 29.9. The molecule has 0 saturated heterocycles. The van der Waals surface area contributed by atoms with Crippen molar-refractivity contribution in [3.05, 3.63) is 61.2 Å². The molecule has 0 aliphatic rings. The van der Waals surface area contributed by atoms with E-state index < -0.39 is 22.0 Å². The van der Waals surface area contributed by atoms with Crippen LogP contribution in [0.1, 0.15) is 5.56 Å². The number of nitrogens with zero attached hydrogens (tertiary/aromatic N) is 1. The summed E-state index contributed by atoms with van der Waals surface area (Å²) in [5, 5.41) is 20.9. The predicted molar refractivity (Wildman–Crippen MR) is 137 cm³/mol. The number of aliphatic carboxylic acids is 1. The Labute approximate surface area is 207 Å². The molecule has 164 valence electrons. The summed E-state index contributed by atoms with van der Waals surface area (Å²) in [5.41, 5.74) is 1.46. The van der Waals surface area contributed by atoms with Crippen molar-refractivity contribution in [1.82, 2.24) is 4.72 Å². The first-order chi connectivity index (χ1) is 14.5. The minimum atomic E-state index is -4.12. The molecule has 3 rings (SSSR count). The summed E-state index contributed by atoms with van der Waals surface area (Å²) in [7, 11) is -0.384. The van der Waals surface area contributed by atoms with Crippen molar-refractivity contribution in [2.45, 2.75) is 17.4 Å². The molecule has 0 aromatic heterocycles. The maximum atomic E-state index is 13.2. The summed E-state index contributed by atoms with van der Waals surface area (Å²) in [6.45, 7) is 0. The number of aromatic hydroxyl groups is 1. The molecule has 0 bridgehead atoms. The van der Waals surface area contributed by atoms with Crippen LogP contribution in [0.4, 0.5) is 5.69 Å². The molecule has 0 radical (unpaired) electrons. The third-order valence-electron chi connectivity index (χ3n) is 4.74. The van der Waals surface area contributed by atoms with Gasteiger partial charge in [-0.25, -0.2) is 8.42 Å². The Morgan fingerprint density at radius 2 is 1.65 bits per heavy atom. The summed E-state index contributed by atoms with van der Waals surface area (Å²) in [5.74, 6) is -1.17. The van der Waals surface area contributed by atoms with Crippen molar-refractivity contribution in [1.29, 1.82) is 0 Å². The molecule has 0 fully saturated rings. The summed E-state index contributed by atoms with van der Waals surface area (Å²) in [6.07, 6.45) is -0.0610. The maximum absolute atomic E-state index is 13.2. The first-order valence-electron chi connectivity index (χ1n) is 9.12. The van der Waals surface area contributed by atoms with E-state index in [0.717, 1.165) is 11.1 Å². The Hall–Kier alpha value is -1.64. The number of carboxylic acids is 1. The third-order valence-corrected chi connectivity index (χ3v) is 7.92. The van der Waals surface area contributed by atoms with Crippen LogP contribution >= 0.6 is 45.2 Å². The monoisotopic (exact) mass is 666 g/mol. The van der Waals surface area contributed by atoms with Crippen molar-refractivity contribution in [2.24, 2.45) is 0 Å². The van der Waals surface area contributed by atoms with Crippen LogP contribution in [0.25, 0.3) is 10.8 Å². The van der Waals surface area contributed by atoms with E-state index in [9.17, 15) is 23.4 Å². The van der Waals surface area contributed by atoms with Gasteiger partial charge in [-0.2, -0.15) is 4.72 Å². The van der Waals surface area contributed by atoms with Crippen molar-refractivity contribution in [2.75, 3.05) is 19.0 Å². The highest BCUT2D eigenvalue weighted by Crippen LogP contribution is 2.31. The second kappa shape index (κ2) is 9.46. The number of anilines is 1. The lowest BCUT2D eigenvalue weighted by Gasteiger charge is -2.19. The van der Waals surface area contributed by atoms with Crippen molar-refractivity contribution >= 4 is 77.6 Å². The van der Waals surface area contributed by atoms with Crippen molar-refractivity contribution in [3.63, 3.8) is 0 Å². The van der Waals surface area contributed by atoms with E-state index in [2.05, 4.69) is 4.72 Å². The molecular weight excluding hydrogens is 646 g/mol. The quantitative estimate of drug-likeness (QED) is 0.332. The highest BCUT2D eigenvalue weighted by molar-refractivity contribution is 14.1. The minimum absolute atomic E-state index is 0.0230. The molecule has 7 nitrogen and oxygen atoms in total. The van der Waals surface area contributed by atoms with Gasteiger partial charge in [0.15, 0.2) is 0 Å². The number of hydrogen-bond donors (Lipinski definition) is 3. The highest BCUT2D eigenvalue weighted by atomic mass is 127. The van der Waals surface area contributed by atoms with Crippen LogP contribution in [0.3, 0.4) is 0 Å². The van der Waals surface area contributed by atoms with Gasteiger partial charge in [0.25, 0.3) is 0 Å². The summed E-state index contributed by atoms with van der Waals surface area (Å²) in [6, 6.07) is 12.2. The number of carboxylic acid groups (broad SMARTS) is 1. The number of rotatable bonds is 7. The Morgan fingerprint density at radius 1 is 1.06 bits per heavy atom. The number of halogens is 2. The Bertz CT molecular complexity index is 1240. The van der Waals surface area contributed by atoms with E-state index in [1.165, 1.54) is 6.07 Å². The summed E-state index contributed by atoms with van der Waals surface area (Å²) in [4.78, 5) is 13.8. The number of fused-ring (bicyclic) bond motifs is 1. The van der Waals surface area contributed by atoms with Gasteiger partial charge in [-0.3, -0.25) is 4.79 Å². The molecule has 0 aliphatic carbocycles. The average molecular weight is 666 g/mol. The zero-order valence-corrected chi connectivity index (χ0v) is 21.8. The largest absolute Gasteiger partial charge is 0.506 e. The van der Waals surface area contributed by atoms with Crippen molar-refractivity contribution in [3.8, 4) is 5.75 Å². The van der Waals surface area contributed by atoms with Gasteiger partial charge < -0.3 is 15.1 Å². The van der Waals surface area contributed by atoms with Crippen LogP contribution < -0.4 is 9.62 Å².